The molecule has 1 N–H and O–H groups in total. The van der Waals surface area contributed by atoms with Crippen molar-refractivity contribution < 1.29 is 45.8 Å². The Morgan fingerprint density at radius 3 is 1.24 bits per heavy atom. The minimum absolute atomic E-state index is 0.167. The lowest BCUT2D eigenvalue weighted by Crippen LogP contribution is -2.34. The Labute approximate surface area is 91.2 Å². The number of carbonyl (C=O) groups excluding carboxylic acids is 2. The van der Waals surface area contributed by atoms with Crippen LogP contribution in [0.2, 0.25) is 0 Å². The molecule has 0 saturated heterocycles. The Kier molecular flexibility index (Phi) is 6.82. The van der Waals surface area contributed by atoms with Crippen LogP contribution in [0.1, 0.15) is 13.8 Å². The van der Waals surface area contributed by atoms with E-state index in [0.717, 1.165) is 0 Å². The fourth-order valence-corrected chi connectivity index (χ4v) is 0.200. The molecule has 0 rings (SSSR count). The quantitative estimate of drug-likeness (QED) is 0.412. The summed E-state index contributed by atoms with van der Waals surface area (Å²) in [7, 11) is 0. The van der Waals surface area contributed by atoms with Crippen molar-refractivity contribution >= 4 is 11.9 Å². The second-order valence-corrected chi connectivity index (χ2v) is 2.77. The highest BCUT2D eigenvalue weighted by molar-refractivity contribution is 5.90. The Hall–Kier alpha value is -1.32. The smallest absolute Gasteiger partial charge is 0.394 e. The molecule has 0 aliphatic carbocycles. The second-order valence-electron chi connectivity index (χ2n) is 2.77. The van der Waals surface area contributed by atoms with Crippen molar-refractivity contribution in [1.29, 1.82) is 0 Å². The van der Waals surface area contributed by atoms with Crippen molar-refractivity contribution in [2.24, 2.45) is 0 Å². The SMILES string of the molecule is CC(C)O.O=C(OC(=O)C(F)(F)F)C(F)(F)F. The molecule has 0 radical (unpaired) electrons. The number of aliphatic hydroxyl groups is 1. The standard InChI is InChI=1S/C4F6O3.C3H8O/c5-3(6,7)1(11)13-2(12)4(8,9)10;1-3(2)4/h;3-4H,1-2H3. The van der Waals surface area contributed by atoms with E-state index < -0.39 is 24.3 Å². The summed E-state index contributed by atoms with van der Waals surface area (Å²) in [5, 5.41) is 8.06. The molecule has 102 valence electrons. The third-order valence-electron chi connectivity index (χ3n) is 0.648. The van der Waals surface area contributed by atoms with Crippen LogP contribution in [0.4, 0.5) is 26.3 Å². The lowest BCUT2D eigenvalue weighted by atomic mass is 10.5. The molecule has 0 aliphatic heterocycles. The van der Waals surface area contributed by atoms with E-state index in [2.05, 4.69) is 4.74 Å². The molecule has 0 amide bonds. The minimum atomic E-state index is -5.62. The zero-order valence-electron chi connectivity index (χ0n) is 8.52. The van der Waals surface area contributed by atoms with Gasteiger partial charge in [-0.1, -0.05) is 0 Å². The number of alkyl halides is 6. The third kappa shape index (κ3) is 11.0. The van der Waals surface area contributed by atoms with Crippen LogP contribution in [0.3, 0.4) is 0 Å². The number of aliphatic hydroxyl groups excluding tert-OH is 1. The van der Waals surface area contributed by atoms with Crippen LogP contribution in [0.25, 0.3) is 0 Å². The summed E-state index contributed by atoms with van der Waals surface area (Å²) in [5.74, 6) is -6.40. The van der Waals surface area contributed by atoms with E-state index in [-0.39, 0.29) is 6.10 Å². The van der Waals surface area contributed by atoms with Crippen molar-refractivity contribution in [1.82, 2.24) is 0 Å². The molecule has 0 aliphatic rings. The minimum Gasteiger partial charge on any atom is -0.394 e. The monoisotopic (exact) mass is 270 g/mol. The van der Waals surface area contributed by atoms with E-state index >= 15 is 0 Å². The summed E-state index contributed by atoms with van der Waals surface area (Å²) in [5.41, 5.74) is 0. The van der Waals surface area contributed by atoms with Crippen molar-refractivity contribution in [3.8, 4) is 0 Å². The van der Waals surface area contributed by atoms with Crippen LogP contribution >= 0.6 is 0 Å². The van der Waals surface area contributed by atoms with Crippen LogP contribution in [0, 0.1) is 0 Å². The topological polar surface area (TPSA) is 63.6 Å². The van der Waals surface area contributed by atoms with Gasteiger partial charge in [-0.2, -0.15) is 26.3 Å². The van der Waals surface area contributed by atoms with Gasteiger partial charge in [0.2, 0.25) is 0 Å². The molecule has 0 unspecified atom stereocenters. The Morgan fingerprint density at radius 1 is 0.941 bits per heavy atom. The highest BCUT2D eigenvalue weighted by Crippen LogP contribution is 2.21. The van der Waals surface area contributed by atoms with Gasteiger partial charge < -0.3 is 9.84 Å². The van der Waals surface area contributed by atoms with E-state index in [4.69, 9.17) is 5.11 Å². The Balaban J connectivity index is 0. The molecular weight excluding hydrogens is 262 g/mol. The van der Waals surface area contributed by atoms with Gasteiger partial charge in [0.25, 0.3) is 0 Å². The van der Waals surface area contributed by atoms with Crippen LogP contribution in [0.15, 0.2) is 0 Å². The number of rotatable bonds is 0. The predicted octanol–water partition coefficient (Wildman–Crippen LogP) is 1.57. The molecule has 0 spiro atoms. The van der Waals surface area contributed by atoms with Gasteiger partial charge in [0.15, 0.2) is 0 Å². The van der Waals surface area contributed by atoms with Crippen LogP contribution < -0.4 is 0 Å². The molecule has 0 heterocycles. The molecule has 0 saturated carbocycles. The fourth-order valence-electron chi connectivity index (χ4n) is 0.200. The molecule has 0 aromatic carbocycles. The second kappa shape index (κ2) is 6.42. The van der Waals surface area contributed by atoms with Crippen LogP contribution in [-0.4, -0.2) is 35.5 Å². The largest absolute Gasteiger partial charge is 0.491 e. The number of halogens is 6. The zero-order valence-corrected chi connectivity index (χ0v) is 8.52. The first-order valence-electron chi connectivity index (χ1n) is 3.86. The molecule has 0 aromatic heterocycles. The lowest BCUT2D eigenvalue weighted by Gasteiger charge is -2.06. The Bertz CT molecular complexity index is 240. The first kappa shape index (κ1) is 18.1. The van der Waals surface area contributed by atoms with Gasteiger partial charge in [-0.05, 0) is 13.8 Å². The van der Waals surface area contributed by atoms with Gasteiger partial charge >= 0.3 is 24.3 Å². The van der Waals surface area contributed by atoms with Gasteiger partial charge in [0.05, 0.1) is 0 Å². The number of ether oxygens (including phenoxy) is 1. The molecular formula is C7H8F6O4. The van der Waals surface area contributed by atoms with Crippen molar-refractivity contribution in [3.05, 3.63) is 0 Å². The predicted molar refractivity (Wildman–Crippen MR) is 40.6 cm³/mol. The number of hydrogen-bond acceptors (Lipinski definition) is 4. The fraction of sp³-hybridized carbons (Fsp3) is 0.714. The number of hydrogen-bond donors (Lipinski definition) is 1. The summed E-state index contributed by atoms with van der Waals surface area (Å²) in [6, 6.07) is 0. The van der Waals surface area contributed by atoms with Crippen molar-refractivity contribution in [3.63, 3.8) is 0 Å². The Morgan fingerprint density at radius 2 is 1.12 bits per heavy atom. The number of carbonyl (C=O) groups is 2. The maximum atomic E-state index is 11.2. The summed E-state index contributed by atoms with van der Waals surface area (Å²) in [6.07, 6.45) is -11.4. The van der Waals surface area contributed by atoms with Gasteiger partial charge in [-0.25, -0.2) is 9.59 Å². The van der Waals surface area contributed by atoms with E-state index in [9.17, 15) is 35.9 Å². The molecule has 17 heavy (non-hydrogen) atoms. The first-order valence-corrected chi connectivity index (χ1v) is 3.86. The molecule has 0 fully saturated rings. The maximum absolute atomic E-state index is 11.2. The van der Waals surface area contributed by atoms with E-state index in [1.165, 1.54) is 0 Å². The van der Waals surface area contributed by atoms with Crippen LogP contribution in [0.5, 0.6) is 0 Å². The average Bonchev–Trinajstić information content (AvgIpc) is 1.98. The molecule has 10 heteroatoms. The average molecular weight is 270 g/mol. The molecule has 0 aromatic rings. The first-order chi connectivity index (χ1) is 7.28. The highest BCUT2D eigenvalue weighted by Gasteiger charge is 2.49. The molecule has 4 nitrogen and oxygen atoms in total. The van der Waals surface area contributed by atoms with E-state index in [1.54, 1.807) is 13.8 Å². The van der Waals surface area contributed by atoms with Gasteiger partial charge in [0.1, 0.15) is 0 Å². The third-order valence-corrected chi connectivity index (χ3v) is 0.648. The summed E-state index contributed by atoms with van der Waals surface area (Å²) < 4.78 is 69.7. The van der Waals surface area contributed by atoms with Crippen LogP contribution in [-0.2, 0) is 14.3 Å². The zero-order chi connectivity index (χ0) is 14.4. The van der Waals surface area contributed by atoms with E-state index in [1.807, 2.05) is 0 Å². The van der Waals surface area contributed by atoms with Gasteiger partial charge in [-0.15, -0.1) is 0 Å². The van der Waals surface area contributed by atoms with Crippen molar-refractivity contribution in [2.45, 2.75) is 32.3 Å². The van der Waals surface area contributed by atoms with Crippen molar-refractivity contribution in [2.75, 3.05) is 0 Å². The maximum Gasteiger partial charge on any atom is 0.491 e. The molecule has 0 bridgehead atoms. The van der Waals surface area contributed by atoms with E-state index in [0.29, 0.717) is 0 Å². The van der Waals surface area contributed by atoms with Gasteiger partial charge in [-0.3, -0.25) is 0 Å². The lowest BCUT2D eigenvalue weighted by molar-refractivity contribution is -0.221. The summed E-state index contributed by atoms with van der Waals surface area (Å²) in [6.45, 7) is 3.44. The summed E-state index contributed by atoms with van der Waals surface area (Å²) in [4.78, 5) is 19.3. The number of esters is 2. The molecule has 0 atom stereocenters. The van der Waals surface area contributed by atoms with Gasteiger partial charge in [0, 0.05) is 6.10 Å². The normalized spacial score (nSPS) is 11.6. The summed E-state index contributed by atoms with van der Waals surface area (Å²) >= 11 is 0. The highest BCUT2D eigenvalue weighted by atomic mass is 19.4.